The Morgan fingerprint density at radius 3 is 2.93 bits per heavy atom. The van der Waals surface area contributed by atoms with Crippen molar-refractivity contribution < 1.29 is 8.78 Å². The van der Waals surface area contributed by atoms with Gasteiger partial charge in [-0.2, -0.15) is 14.6 Å². The van der Waals surface area contributed by atoms with Crippen molar-refractivity contribution >= 4 is 11.6 Å². The molecule has 0 amide bonds. The number of nitrogens with zero attached hydrogens (tertiary/aromatic N) is 6. The van der Waals surface area contributed by atoms with Crippen molar-refractivity contribution in [3.63, 3.8) is 0 Å². The molecule has 0 fully saturated rings. The standard InChI is InChI=1S/C19H17F2N7/c1-11-6-18(28-19(24-11)22-10-23-28)25-13-3-5-17-26-16(9-27(17)8-13)14-4-2-12(20)7-15(14)21/h2,4,6-7,9-10,13,25H,3,5,8H2,1H3. The largest absolute Gasteiger partial charge is 0.365 e. The van der Waals surface area contributed by atoms with Gasteiger partial charge < -0.3 is 9.88 Å². The molecule has 5 rings (SSSR count). The maximum absolute atomic E-state index is 14.1. The molecule has 9 heteroatoms. The van der Waals surface area contributed by atoms with Crippen LogP contribution in [0.4, 0.5) is 14.6 Å². The third-order valence-electron chi connectivity index (χ3n) is 4.93. The molecule has 1 atom stereocenters. The molecule has 0 radical (unpaired) electrons. The summed E-state index contributed by atoms with van der Waals surface area (Å²) in [7, 11) is 0. The van der Waals surface area contributed by atoms with Crippen molar-refractivity contribution in [3.05, 3.63) is 59.9 Å². The van der Waals surface area contributed by atoms with E-state index in [1.54, 1.807) is 4.52 Å². The molecule has 0 saturated carbocycles. The van der Waals surface area contributed by atoms with E-state index < -0.39 is 11.6 Å². The van der Waals surface area contributed by atoms with Crippen LogP contribution in [0.3, 0.4) is 0 Å². The Labute approximate surface area is 159 Å². The summed E-state index contributed by atoms with van der Waals surface area (Å²) in [5.41, 5.74) is 1.68. The summed E-state index contributed by atoms with van der Waals surface area (Å²) in [6.07, 6.45) is 4.93. The number of hydrogen-bond acceptors (Lipinski definition) is 5. The van der Waals surface area contributed by atoms with Crippen molar-refractivity contribution in [1.29, 1.82) is 0 Å². The number of hydrogen-bond donors (Lipinski definition) is 1. The first-order valence-electron chi connectivity index (χ1n) is 9.02. The number of anilines is 1. The van der Waals surface area contributed by atoms with Crippen molar-refractivity contribution in [1.82, 2.24) is 29.1 Å². The Balaban J connectivity index is 1.41. The van der Waals surface area contributed by atoms with Crippen molar-refractivity contribution in [2.24, 2.45) is 0 Å². The molecule has 28 heavy (non-hydrogen) atoms. The smallest absolute Gasteiger partial charge is 0.254 e. The number of rotatable bonds is 3. The first kappa shape index (κ1) is 16.8. The van der Waals surface area contributed by atoms with Crippen molar-refractivity contribution in [3.8, 4) is 11.3 Å². The van der Waals surface area contributed by atoms with Crippen LogP contribution >= 0.6 is 0 Å². The number of aromatic nitrogens is 6. The van der Waals surface area contributed by atoms with E-state index in [1.807, 2.05) is 23.8 Å². The molecule has 3 aromatic heterocycles. The average molecular weight is 381 g/mol. The van der Waals surface area contributed by atoms with E-state index >= 15 is 0 Å². The van der Waals surface area contributed by atoms with Crippen LogP contribution in [0, 0.1) is 18.6 Å². The van der Waals surface area contributed by atoms with Gasteiger partial charge in [0.05, 0.1) is 5.69 Å². The van der Waals surface area contributed by atoms with Gasteiger partial charge in [-0.25, -0.2) is 18.7 Å². The quantitative estimate of drug-likeness (QED) is 0.591. The first-order chi connectivity index (χ1) is 13.6. The molecular weight excluding hydrogens is 364 g/mol. The van der Waals surface area contributed by atoms with Crippen LogP contribution in [0.1, 0.15) is 17.9 Å². The molecule has 1 N–H and O–H groups in total. The zero-order chi connectivity index (χ0) is 19.3. The minimum atomic E-state index is -0.606. The molecule has 0 saturated heterocycles. The van der Waals surface area contributed by atoms with E-state index in [9.17, 15) is 8.78 Å². The van der Waals surface area contributed by atoms with E-state index in [2.05, 4.69) is 25.4 Å². The summed E-state index contributed by atoms with van der Waals surface area (Å²) in [6.45, 7) is 2.60. The van der Waals surface area contributed by atoms with Gasteiger partial charge in [0.25, 0.3) is 5.78 Å². The number of halogens is 2. The van der Waals surface area contributed by atoms with Gasteiger partial charge in [0.1, 0.15) is 29.6 Å². The summed E-state index contributed by atoms with van der Waals surface area (Å²) in [6, 6.07) is 5.64. The summed E-state index contributed by atoms with van der Waals surface area (Å²) >= 11 is 0. The van der Waals surface area contributed by atoms with Gasteiger partial charge in [-0.1, -0.05) is 0 Å². The molecule has 1 aliphatic rings. The van der Waals surface area contributed by atoms with Gasteiger partial charge in [0.2, 0.25) is 0 Å². The molecule has 1 aromatic carbocycles. The van der Waals surface area contributed by atoms with Crippen LogP contribution in [-0.4, -0.2) is 35.2 Å². The summed E-state index contributed by atoms with van der Waals surface area (Å²) in [5.74, 6) is 1.08. The lowest BCUT2D eigenvalue weighted by Gasteiger charge is -2.25. The fourth-order valence-electron chi connectivity index (χ4n) is 3.63. The average Bonchev–Trinajstić information content (AvgIpc) is 3.27. The van der Waals surface area contributed by atoms with Gasteiger partial charge in [0.15, 0.2) is 0 Å². The third kappa shape index (κ3) is 2.88. The Hall–Kier alpha value is -3.36. The second-order valence-electron chi connectivity index (χ2n) is 6.95. The van der Waals surface area contributed by atoms with Crippen LogP contribution in [0.2, 0.25) is 0 Å². The fourth-order valence-corrected chi connectivity index (χ4v) is 3.63. The highest BCUT2D eigenvalue weighted by Crippen LogP contribution is 2.26. The maximum Gasteiger partial charge on any atom is 0.254 e. The molecule has 1 unspecified atom stereocenters. The first-order valence-corrected chi connectivity index (χ1v) is 9.02. The van der Waals surface area contributed by atoms with Gasteiger partial charge in [-0.15, -0.1) is 0 Å². The normalized spacial score (nSPS) is 16.3. The summed E-state index contributed by atoms with van der Waals surface area (Å²) in [5, 5.41) is 7.73. The van der Waals surface area contributed by atoms with Gasteiger partial charge in [-0.05, 0) is 25.5 Å². The number of imidazole rings is 1. The Morgan fingerprint density at radius 1 is 1.18 bits per heavy atom. The van der Waals surface area contributed by atoms with Crippen LogP contribution in [0.15, 0.2) is 36.8 Å². The maximum atomic E-state index is 14.1. The molecule has 0 aliphatic carbocycles. The predicted molar refractivity (Wildman–Crippen MR) is 98.8 cm³/mol. The van der Waals surface area contributed by atoms with Crippen molar-refractivity contribution in [2.75, 3.05) is 5.32 Å². The Bertz CT molecular complexity index is 1180. The highest BCUT2D eigenvalue weighted by atomic mass is 19.1. The second-order valence-corrected chi connectivity index (χ2v) is 6.95. The third-order valence-corrected chi connectivity index (χ3v) is 4.93. The molecule has 7 nitrogen and oxygen atoms in total. The van der Waals surface area contributed by atoms with Crippen molar-refractivity contribution in [2.45, 2.75) is 32.4 Å². The number of aryl methyl sites for hydroxylation is 2. The minimum Gasteiger partial charge on any atom is -0.365 e. The fraction of sp³-hybridized carbons (Fsp3) is 0.263. The zero-order valence-electron chi connectivity index (χ0n) is 15.1. The lowest BCUT2D eigenvalue weighted by molar-refractivity contribution is 0.474. The predicted octanol–water partition coefficient (Wildman–Crippen LogP) is 3.00. The van der Waals surface area contributed by atoms with Crippen LogP contribution in [0.5, 0.6) is 0 Å². The lowest BCUT2D eigenvalue weighted by atomic mass is 10.1. The SMILES string of the molecule is Cc1cc(NC2CCc3nc(-c4ccc(F)cc4F)cn3C2)n2ncnc2n1. The number of fused-ring (bicyclic) bond motifs is 2. The number of benzene rings is 1. The van der Waals surface area contributed by atoms with E-state index in [-0.39, 0.29) is 6.04 Å². The van der Waals surface area contributed by atoms with E-state index in [0.29, 0.717) is 23.6 Å². The highest BCUT2D eigenvalue weighted by Gasteiger charge is 2.22. The van der Waals surface area contributed by atoms with Crippen LogP contribution in [0.25, 0.3) is 17.0 Å². The molecule has 1 aliphatic heterocycles. The molecular formula is C19H17F2N7. The summed E-state index contributed by atoms with van der Waals surface area (Å²) in [4.78, 5) is 13.0. The molecule has 142 valence electrons. The summed E-state index contributed by atoms with van der Waals surface area (Å²) < 4.78 is 31.0. The Morgan fingerprint density at radius 2 is 2.07 bits per heavy atom. The molecule has 0 bridgehead atoms. The second kappa shape index (κ2) is 6.36. The van der Waals surface area contributed by atoms with E-state index in [1.165, 1.54) is 18.5 Å². The van der Waals surface area contributed by atoms with Crippen LogP contribution in [-0.2, 0) is 13.0 Å². The highest BCUT2D eigenvalue weighted by molar-refractivity contribution is 5.59. The van der Waals surface area contributed by atoms with Gasteiger partial charge in [0, 0.05) is 48.6 Å². The van der Waals surface area contributed by atoms with E-state index in [0.717, 1.165) is 36.2 Å². The minimum absolute atomic E-state index is 0.154. The monoisotopic (exact) mass is 381 g/mol. The molecule has 4 aromatic rings. The Kier molecular flexibility index (Phi) is 3.81. The zero-order valence-corrected chi connectivity index (χ0v) is 15.1. The van der Waals surface area contributed by atoms with Gasteiger partial charge in [-0.3, -0.25) is 0 Å². The topological polar surface area (TPSA) is 72.9 Å². The molecule has 0 spiro atoms. The number of nitrogens with one attached hydrogen (secondary N) is 1. The molecule has 4 heterocycles. The lowest BCUT2D eigenvalue weighted by Crippen LogP contribution is -2.32. The van der Waals surface area contributed by atoms with Gasteiger partial charge >= 0.3 is 0 Å². The van der Waals surface area contributed by atoms with Crippen LogP contribution < -0.4 is 5.32 Å². The van der Waals surface area contributed by atoms with E-state index in [4.69, 9.17) is 0 Å².